The minimum Gasteiger partial charge on any atom is -0.376 e. The van der Waals surface area contributed by atoms with Crippen LogP contribution in [-0.2, 0) is 14.1 Å². The van der Waals surface area contributed by atoms with Crippen LogP contribution in [-0.4, -0.2) is 55.6 Å². The van der Waals surface area contributed by atoms with Gasteiger partial charge in [-0.3, -0.25) is 29.4 Å². The summed E-state index contributed by atoms with van der Waals surface area (Å²) in [6.07, 6.45) is 11.0. The molecule has 0 spiro atoms. The molecule has 6 aromatic heterocycles. The van der Waals surface area contributed by atoms with E-state index in [4.69, 9.17) is 30.2 Å². The fourth-order valence-corrected chi connectivity index (χ4v) is 4.95. The van der Waals surface area contributed by atoms with Gasteiger partial charge in [-0.05, 0) is 73.0 Å². The maximum absolute atomic E-state index is 12.2. The van der Waals surface area contributed by atoms with Gasteiger partial charge in [0, 0.05) is 66.7 Å². The van der Waals surface area contributed by atoms with E-state index in [1.54, 1.807) is 64.4 Å². The Labute approximate surface area is 285 Å². The zero-order chi connectivity index (χ0) is 33.6. The van der Waals surface area contributed by atoms with Crippen LogP contribution in [0.3, 0.4) is 0 Å². The lowest BCUT2D eigenvalue weighted by Crippen LogP contribution is -2.34. The number of hydrogen-bond acceptors (Lipinski definition) is 9. The quantitative estimate of drug-likeness (QED) is 0.184. The first-order valence-corrected chi connectivity index (χ1v) is 15.3. The van der Waals surface area contributed by atoms with E-state index in [1.165, 1.54) is 0 Å². The van der Waals surface area contributed by atoms with Crippen LogP contribution >= 0.6 is 24.4 Å². The molecule has 0 radical (unpaired) electrons. The summed E-state index contributed by atoms with van der Waals surface area (Å²) in [5.41, 5.74) is 12.9. The van der Waals surface area contributed by atoms with Crippen LogP contribution in [0, 0.1) is 0 Å². The van der Waals surface area contributed by atoms with Crippen LogP contribution in [0.4, 0.5) is 11.6 Å². The number of amides is 1. The number of anilines is 2. The Balaban J connectivity index is 0.000000177. The molecule has 48 heavy (non-hydrogen) atoms. The molecule has 15 heteroatoms. The molecule has 0 aliphatic rings. The second-order valence-corrected chi connectivity index (χ2v) is 11.3. The molecule has 238 valence electrons. The van der Waals surface area contributed by atoms with Crippen LogP contribution in [0.15, 0.2) is 104 Å². The van der Waals surface area contributed by atoms with E-state index < -0.39 is 0 Å². The molecule has 0 aliphatic heterocycles. The van der Waals surface area contributed by atoms with Crippen molar-refractivity contribution < 1.29 is 4.79 Å². The van der Waals surface area contributed by atoms with E-state index in [9.17, 15) is 4.79 Å². The monoisotopic (exact) mass is 672 g/mol. The maximum Gasteiger partial charge on any atom is 0.257 e. The zero-order valence-corrected chi connectivity index (χ0v) is 27.3. The van der Waals surface area contributed by atoms with Crippen LogP contribution in [0.1, 0.15) is 10.4 Å². The number of pyridine rings is 4. The highest BCUT2D eigenvalue weighted by molar-refractivity contribution is 7.80. The number of carbonyl (C=O) groups is 1. The maximum atomic E-state index is 12.2. The number of aryl methyl sites for hydroxylation is 2. The molecular weight excluding hydrogens is 645 g/mol. The second kappa shape index (κ2) is 14.1. The van der Waals surface area contributed by atoms with Gasteiger partial charge in [-0.25, -0.2) is 9.97 Å². The summed E-state index contributed by atoms with van der Waals surface area (Å²) < 4.78 is 3.48. The molecule has 0 atom stereocenters. The second-order valence-electron chi connectivity index (χ2n) is 10.5. The van der Waals surface area contributed by atoms with E-state index >= 15 is 0 Å². The van der Waals surface area contributed by atoms with Gasteiger partial charge < -0.3 is 16.4 Å². The molecule has 1 amide bonds. The molecule has 6 heterocycles. The highest BCUT2D eigenvalue weighted by Gasteiger charge is 2.10. The van der Waals surface area contributed by atoms with Crippen molar-refractivity contribution in [3.8, 4) is 22.3 Å². The molecular formula is C33H28N12OS2. The highest BCUT2D eigenvalue weighted by atomic mass is 32.1. The smallest absolute Gasteiger partial charge is 0.257 e. The Hall–Kier alpha value is -6.19. The number of nitrogens with two attached hydrogens (primary N) is 1. The summed E-state index contributed by atoms with van der Waals surface area (Å²) in [5.74, 6) is 0.852. The third kappa shape index (κ3) is 7.78. The molecule has 13 nitrogen and oxygen atoms in total. The Bertz CT molecular complexity index is 2280. The van der Waals surface area contributed by atoms with Crippen LogP contribution in [0.2, 0.25) is 0 Å². The van der Waals surface area contributed by atoms with Crippen molar-refractivity contribution in [3.05, 3.63) is 109 Å². The summed E-state index contributed by atoms with van der Waals surface area (Å²) in [4.78, 5) is 30.0. The molecule has 0 unspecified atom stereocenters. The lowest BCUT2D eigenvalue weighted by Gasteiger charge is -2.09. The molecule has 1 aromatic carbocycles. The number of fused-ring (bicyclic) bond motifs is 2. The Morgan fingerprint density at radius 1 is 0.667 bits per heavy atom. The summed E-state index contributed by atoms with van der Waals surface area (Å²) >= 11 is 10.0. The third-order valence-electron chi connectivity index (χ3n) is 6.91. The predicted molar refractivity (Wildman–Crippen MR) is 194 cm³/mol. The van der Waals surface area contributed by atoms with Gasteiger partial charge in [-0.2, -0.15) is 10.2 Å². The van der Waals surface area contributed by atoms with Gasteiger partial charge in [-0.1, -0.05) is 18.2 Å². The Morgan fingerprint density at radius 2 is 1.19 bits per heavy atom. The zero-order valence-electron chi connectivity index (χ0n) is 25.7. The SMILES string of the molecule is Cn1cc(-c2cnc3ccc(NC(=S)NC(=O)c4ccccc4)nc3c2)cn1.Cn1cc(-c2cnc3ccc(NC(N)=S)nc3c2)cn1. The van der Waals surface area contributed by atoms with Crippen LogP contribution < -0.4 is 21.7 Å². The molecule has 0 bridgehead atoms. The number of hydrogen-bond donors (Lipinski definition) is 4. The van der Waals surface area contributed by atoms with Crippen molar-refractivity contribution in [3.63, 3.8) is 0 Å². The van der Waals surface area contributed by atoms with Gasteiger partial charge in [0.1, 0.15) is 11.6 Å². The number of carbonyl (C=O) groups excluding carboxylic acids is 1. The molecule has 0 saturated carbocycles. The van der Waals surface area contributed by atoms with Crippen molar-refractivity contribution in [2.75, 3.05) is 10.6 Å². The molecule has 7 aromatic rings. The number of rotatable bonds is 5. The third-order valence-corrected chi connectivity index (χ3v) is 7.21. The minimum absolute atomic E-state index is 0.178. The summed E-state index contributed by atoms with van der Waals surface area (Å²) in [6.45, 7) is 0. The van der Waals surface area contributed by atoms with Crippen molar-refractivity contribution in [2.45, 2.75) is 0 Å². The normalized spacial score (nSPS) is 10.6. The first-order chi connectivity index (χ1) is 23.2. The van der Waals surface area contributed by atoms with Gasteiger partial charge in [0.15, 0.2) is 10.2 Å². The summed E-state index contributed by atoms with van der Waals surface area (Å²) in [7, 11) is 3.74. The van der Waals surface area contributed by atoms with Crippen molar-refractivity contribution in [2.24, 2.45) is 19.8 Å². The highest BCUT2D eigenvalue weighted by Crippen LogP contribution is 2.23. The number of nitrogens with one attached hydrogen (secondary N) is 3. The first-order valence-electron chi connectivity index (χ1n) is 14.5. The first kappa shape index (κ1) is 31.8. The number of nitrogens with zero attached hydrogens (tertiary/aromatic N) is 8. The van der Waals surface area contributed by atoms with E-state index in [2.05, 4.69) is 46.1 Å². The lowest BCUT2D eigenvalue weighted by molar-refractivity contribution is 0.0977. The summed E-state index contributed by atoms with van der Waals surface area (Å²) in [5, 5.41) is 17.1. The topological polar surface area (TPSA) is 166 Å². The standard InChI is InChI=1S/C20H16N6OS.C13H12N6S/c1-26-12-15(11-22-26)14-9-17-16(21-10-14)7-8-18(23-17)24-20(28)25-19(27)13-5-3-2-4-6-13;1-19-7-9(6-16-19)8-4-11-10(15-5-8)2-3-12(17-11)18-13(14)20/h2-12H,1H3,(H2,23,24,25,27,28);2-7H,1H3,(H3,14,17,18,20). The molecule has 7 rings (SSSR count). The molecule has 0 aliphatic carbocycles. The van der Waals surface area contributed by atoms with E-state index in [1.807, 2.05) is 63.0 Å². The van der Waals surface area contributed by atoms with Gasteiger partial charge in [0.25, 0.3) is 5.91 Å². The predicted octanol–water partition coefficient (Wildman–Crippen LogP) is 4.84. The average molecular weight is 673 g/mol. The number of benzene rings is 1. The number of aromatic nitrogens is 8. The van der Waals surface area contributed by atoms with E-state index in [0.717, 1.165) is 38.8 Å². The van der Waals surface area contributed by atoms with Gasteiger partial charge in [0.2, 0.25) is 0 Å². The van der Waals surface area contributed by atoms with Crippen LogP contribution in [0.5, 0.6) is 0 Å². The lowest BCUT2D eigenvalue weighted by atomic mass is 10.1. The Morgan fingerprint density at radius 3 is 1.67 bits per heavy atom. The minimum atomic E-state index is -0.278. The molecule has 0 fully saturated rings. The van der Waals surface area contributed by atoms with E-state index in [0.29, 0.717) is 22.7 Å². The van der Waals surface area contributed by atoms with Gasteiger partial charge >= 0.3 is 0 Å². The molecule has 0 saturated heterocycles. The van der Waals surface area contributed by atoms with E-state index in [-0.39, 0.29) is 16.1 Å². The van der Waals surface area contributed by atoms with Gasteiger partial charge in [-0.15, -0.1) is 0 Å². The fourth-order valence-electron chi connectivity index (χ4n) is 4.65. The number of thiocarbonyl (C=S) groups is 2. The van der Waals surface area contributed by atoms with Crippen molar-refractivity contribution in [1.29, 1.82) is 0 Å². The molecule has 5 N–H and O–H groups in total. The Kier molecular flexibility index (Phi) is 9.31. The van der Waals surface area contributed by atoms with Gasteiger partial charge in [0.05, 0.1) is 34.5 Å². The van der Waals surface area contributed by atoms with Crippen molar-refractivity contribution >= 4 is 74.3 Å². The summed E-state index contributed by atoms with van der Waals surface area (Å²) in [6, 6.07) is 20.1. The largest absolute Gasteiger partial charge is 0.376 e. The van der Waals surface area contributed by atoms with Crippen LogP contribution in [0.25, 0.3) is 44.3 Å². The fraction of sp³-hybridized carbons (Fsp3) is 0.0606. The average Bonchev–Trinajstić information content (AvgIpc) is 3.72. The van der Waals surface area contributed by atoms with Crippen molar-refractivity contribution in [1.82, 2.24) is 44.8 Å².